The number of hydrogen-bond donors (Lipinski definition) is 18. The van der Waals surface area contributed by atoms with Crippen LogP contribution in [0.2, 0.25) is 10.0 Å². The molecule has 0 spiro atoms. The number of nitrogens with one attached hydrogen (secondary N) is 11. The highest BCUT2D eigenvalue weighted by atomic mass is 35.5. The highest BCUT2D eigenvalue weighted by Gasteiger charge is 2.38. The lowest BCUT2D eigenvalue weighted by Crippen LogP contribution is -2.61. The van der Waals surface area contributed by atoms with E-state index >= 15 is 9.59 Å². The summed E-state index contributed by atoms with van der Waals surface area (Å²) in [5.74, 6) is -17.4. The average Bonchev–Trinajstić information content (AvgIpc) is 1.75. The number of aromatic hydroxyl groups is 1. The number of nitrogens with two attached hydrogens (primary N) is 4. The fourth-order valence-electron chi connectivity index (χ4n) is 11.9. The minimum atomic E-state index is -1.83. The number of phenolic OH excluding ortho intramolecular Hbond substituents is 1. The van der Waals surface area contributed by atoms with Gasteiger partial charge in [-0.25, -0.2) is 4.39 Å². The summed E-state index contributed by atoms with van der Waals surface area (Å²) in [5, 5.41) is 55.7. The van der Waals surface area contributed by atoms with Gasteiger partial charge in [-0.3, -0.25) is 72.1 Å². The zero-order valence-electron chi connectivity index (χ0n) is 60.1. The van der Waals surface area contributed by atoms with Crippen molar-refractivity contribution in [2.75, 3.05) is 31.1 Å². The van der Waals surface area contributed by atoms with Crippen LogP contribution in [-0.2, 0) is 86.4 Å². The van der Waals surface area contributed by atoms with E-state index in [9.17, 15) is 77.2 Å². The van der Waals surface area contributed by atoms with E-state index < -0.39 is 225 Å². The number of rotatable bonds is 26. The number of halogens is 3. The molecule has 594 valence electrons. The van der Waals surface area contributed by atoms with Gasteiger partial charge in [0.25, 0.3) is 0 Å². The molecule has 0 radical (unpaired) electrons. The number of H-pyrrole nitrogens is 1. The molecule has 1 aliphatic heterocycles. The third-order valence-corrected chi connectivity index (χ3v) is 21.0. The van der Waals surface area contributed by atoms with Crippen LogP contribution in [0.1, 0.15) is 115 Å². The number of benzene rings is 3. The third-order valence-electron chi connectivity index (χ3n) is 17.7. The first-order chi connectivity index (χ1) is 51.7. The van der Waals surface area contributed by atoms with Gasteiger partial charge in [0.05, 0.1) is 16.6 Å². The Bertz CT molecular complexity index is 3960. The number of aromatic nitrogens is 1. The number of aliphatic imine (C=N–C) groups is 1. The number of amides is 12. The number of nitrogens with zero attached hydrogens (tertiary/aromatic N) is 2. The third kappa shape index (κ3) is 28.8. The van der Waals surface area contributed by atoms with E-state index in [2.05, 4.69) is 63.1 Å². The zero-order chi connectivity index (χ0) is 80.2. The van der Waals surface area contributed by atoms with Crippen molar-refractivity contribution in [2.24, 2.45) is 33.8 Å². The normalized spacial score (nSPS) is 21.5. The fourth-order valence-corrected chi connectivity index (χ4v) is 14.7. The Balaban J connectivity index is 1.43. The van der Waals surface area contributed by atoms with Crippen molar-refractivity contribution in [3.63, 3.8) is 0 Å². The van der Waals surface area contributed by atoms with Gasteiger partial charge in [-0.15, -0.1) is 0 Å². The second-order valence-corrected chi connectivity index (χ2v) is 30.1. The van der Waals surface area contributed by atoms with Gasteiger partial charge < -0.3 is 101 Å². The van der Waals surface area contributed by atoms with Crippen molar-refractivity contribution in [2.45, 2.75) is 184 Å². The van der Waals surface area contributed by atoms with Gasteiger partial charge in [-0.1, -0.05) is 95.7 Å². The number of carboxylic acid groups (broad SMARTS) is 2. The second-order valence-electron chi connectivity index (χ2n) is 26.8. The molecule has 4 aromatic rings. The van der Waals surface area contributed by atoms with Crippen LogP contribution in [0.25, 0.3) is 10.9 Å². The predicted molar refractivity (Wildman–Crippen MR) is 404 cm³/mol. The summed E-state index contributed by atoms with van der Waals surface area (Å²) in [5.41, 5.74) is 24.3. The van der Waals surface area contributed by atoms with Crippen LogP contribution in [0.15, 0.2) is 71.9 Å². The maximum Gasteiger partial charge on any atom is 0.303 e. The molecule has 1 saturated heterocycles. The number of primary amides is 1. The van der Waals surface area contributed by atoms with Gasteiger partial charge in [0.2, 0.25) is 70.9 Å². The van der Waals surface area contributed by atoms with Crippen molar-refractivity contribution in [1.82, 2.24) is 63.1 Å². The van der Waals surface area contributed by atoms with Gasteiger partial charge in [-0.2, -0.15) is 0 Å². The lowest BCUT2D eigenvalue weighted by molar-refractivity contribution is -0.139. The van der Waals surface area contributed by atoms with Crippen LogP contribution in [0.4, 0.5) is 4.39 Å². The van der Waals surface area contributed by atoms with Crippen molar-refractivity contribution in [3.8, 4) is 5.75 Å². The van der Waals surface area contributed by atoms with Crippen molar-refractivity contribution in [1.29, 1.82) is 0 Å². The number of fused-ring (bicyclic) bond motifs is 1. The first kappa shape index (κ1) is 87.9. The lowest BCUT2D eigenvalue weighted by atomic mass is 10.00. The minimum Gasteiger partial charge on any atom is -0.508 e. The summed E-state index contributed by atoms with van der Waals surface area (Å²) in [6.45, 7) is 3.67. The summed E-state index contributed by atoms with van der Waals surface area (Å²) in [6, 6.07) is -2.03. The fraction of sp³-hybridized carbons (Fsp3) is 0.500. The van der Waals surface area contributed by atoms with Gasteiger partial charge in [-0.05, 0) is 104 Å². The molecule has 34 nitrogen and oxygen atoms in total. The summed E-state index contributed by atoms with van der Waals surface area (Å²) < 4.78 is 14.8. The zero-order valence-corrected chi connectivity index (χ0v) is 63.3. The van der Waals surface area contributed by atoms with E-state index in [0.29, 0.717) is 23.9 Å². The Morgan fingerprint density at radius 2 is 1.28 bits per heavy atom. The molecule has 1 saturated carbocycles. The van der Waals surface area contributed by atoms with E-state index in [4.69, 9.17) is 46.1 Å². The Kier molecular flexibility index (Phi) is 34.9. The highest BCUT2D eigenvalue weighted by molar-refractivity contribution is 8.76. The Hall–Kier alpha value is -9.98. The van der Waals surface area contributed by atoms with Crippen molar-refractivity contribution < 1.29 is 86.8 Å². The Morgan fingerprint density at radius 3 is 1.90 bits per heavy atom. The van der Waals surface area contributed by atoms with Crippen LogP contribution in [0.5, 0.6) is 5.75 Å². The van der Waals surface area contributed by atoms with Crippen molar-refractivity contribution in [3.05, 3.63) is 99.4 Å². The van der Waals surface area contributed by atoms with Crippen LogP contribution in [0, 0.1) is 11.7 Å². The monoisotopic (exact) mass is 1600 g/mol. The maximum atomic E-state index is 15.1. The summed E-state index contributed by atoms with van der Waals surface area (Å²) >= 11 is 13.1. The average molecular weight is 1600 g/mol. The standard InChI is InChI=1S/C70H94Cl2FN17O17S2/c1-35(2)60-69(107)86-50(28-38-8-6-11-44(71)59(38)72)66(104)83-46(12-7-24-79-70(76)77)62(100)78-25-23-54(92)81-47(19-21-57(95)96)63(101)85-51(29-39-31-80-45-18-15-40(73)30-43(39)45)67(105)84-48(20-22-58(97)98)64(102)87-52(61(75)99)33-108-109-34-53(68(106)89-60)88-65(103)49(27-37-13-16-42(91)17-14-37)82-55(93)32-90(41-9-4-5-10-41)56(94)26-36(3)74/h6,8,11,13-18,30-31,35-36,41,46-53,60,80,91H,4-5,7,9-10,12,19-29,32-34,74H2,1-3H3,(H2,75,99)(H,78,100)(H,81,92)(H,82,93)(H,83,104)(H,84,105)(H,85,101)(H,86,107)(H,87,102)(H,88,103)(H,89,106)(H,95,96)(H,97,98)(H4,76,77,79)/t36-,46+,47+,48+,49+,50+,51+,52?,53+,60+/m1/s1. The van der Waals surface area contributed by atoms with Crippen LogP contribution in [0.3, 0.4) is 0 Å². The summed E-state index contributed by atoms with van der Waals surface area (Å²) in [6.07, 6.45) is -0.575. The van der Waals surface area contributed by atoms with Gasteiger partial charge >= 0.3 is 11.9 Å². The van der Waals surface area contributed by atoms with Crippen molar-refractivity contribution >= 4 is 144 Å². The number of carbonyl (C=O) groups is 14. The number of guanidine groups is 1. The number of phenols is 1. The number of aromatic amines is 1. The molecule has 1 aromatic heterocycles. The lowest BCUT2D eigenvalue weighted by Gasteiger charge is -2.30. The largest absolute Gasteiger partial charge is 0.508 e. The predicted octanol–water partition coefficient (Wildman–Crippen LogP) is 0.0448. The molecular formula is C70H94Cl2FN17O17S2. The summed E-state index contributed by atoms with van der Waals surface area (Å²) in [7, 11) is 1.62. The molecular weight excluding hydrogens is 1500 g/mol. The van der Waals surface area contributed by atoms with Crippen LogP contribution < -0.4 is 76.1 Å². The summed E-state index contributed by atoms with van der Waals surface area (Å²) in [4.78, 5) is 205. The first-order valence-electron chi connectivity index (χ1n) is 35.2. The molecule has 1 unspecified atom stereocenters. The SMILES string of the molecule is CC(C)[C@@H]1NC(=O)[C@@H](NC(=O)[C@H](Cc2ccc(O)cc2)NC(=O)CN(C(=O)C[C@@H](C)N)C2CCCC2)CSSCC(C(N)=O)NC(=O)[C@H](CCC(=O)O)NC(=O)[C@H](Cc2c[nH]c3ccc(F)cc23)NC(=O)[C@H](CCC(=O)O)NC(=O)CCNC(=O)[C@H](CCCN=C(N)N)NC(=O)[C@H](Cc2cccc(Cl)c2Cl)NC1=O. The van der Waals surface area contributed by atoms with E-state index in [1.807, 2.05) is 0 Å². The number of carboxylic acids is 2. The molecule has 10 atom stereocenters. The van der Waals surface area contributed by atoms with Gasteiger partial charge in [0.15, 0.2) is 5.96 Å². The van der Waals surface area contributed by atoms with E-state index in [-0.39, 0.29) is 76.5 Å². The molecule has 39 heteroatoms. The molecule has 12 amide bonds. The van der Waals surface area contributed by atoms with Gasteiger partial charge in [0, 0.05) is 98.7 Å². The number of carbonyl (C=O) groups excluding carboxylic acids is 12. The number of hydrogen-bond acceptors (Lipinski definition) is 19. The quantitative estimate of drug-likeness (QED) is 0.0171. The van der Waals surface area contributed by atoms with Gasteiger partial charge in [0.1, 0.15) is 65.9 Å². The Labute approximate surface area is 644 Å². The molecule has 1 aliphatic carbocycles. The smallest absolute Gasteiger partial charge is 0.303 e. The van der Waals surface area contributed by atoms with E-state index in [0.717, 1.165) is 46.6 Å². The van der Waals surface area contributed by atoms with E-state index in [1.165, 1.54) is 59.6 Å². The second kappa shape index (κ2) is 43.3. The molecule has 22 N–H and O–H groups in total. The molecule has 6 rings (SSSR count). The Morgan fingerprint density at radius 1 is 0.697 bits per heavy atom. The molecule has 3 aromatic carbocycles. The molecule has 0 bridgehead atoms. The molecule has 2 fully saturated rings. The number of aliphatic carboxylic acids is 2. The first-order valence-corrected chi connectivity index (χ1v) is 38.4. The molecule has 2 aliphatic rings. The topological polar surface area (TPSA) is 555 Å². The van der Waals surface area contributed by atoms with E-state index in [1.54, 1.807) is 20.8 Å². The van der Waals surface area contributed by atoms with Crippen LogP contribution in [-0.4, -0.2) is 212 Å². The molecule has 109 heavy (non-hydrogen) atoms. The highest BCUT2D eigenvalue weighted by Crippen LogP contribution is 2.29. The van der Waals surface area contributed by atoms with Crippen LogP contribution >= 0.6 is 44.8 Å². The maximum absolute atomic E-state index is 15.1. The minimum absolute atomic E-state index is 0.0200. The molecule has 2 heterocycles.